The number of benzene rings is 1. The number of aromatic carboxylic acids is 1. The van der Waals surface area contributed by atoms with E-state index in [1.807, 2.05) is 13.0 Å². The van der Waals surface area contributed by atoms with Crippen molar-refractivity contribution in [1.82, 2.24) is 24.5 Å². The van der Waals surface area contributed by atoms with Gasteiger partial charge in [-0.3, -0.25) is 14.0 Å². The van der Waals surface area contributed by atoms with Gasteiger partial charge in [-0.05, 0) is 55.5 Å². The predicted molar refractivity (Wildman–Crippen MR) is 112 cm³/mol. The minimum absolute atomic E-state index is 0.183. The first kappa shape index (κ1) is 22.7. The molecule has 0 saturated carbocycles. The third-order valence-electron chi connectivity index (χ3n) is 5.22. The number of methoxy groups -OCH3 is 1. The van der Waals surface area contributed by atoms with Crippen LogP contribution in [0.1, 0.15) is 38.7 Å². The topological polar surface area (TPSA) is 147 Å². The maximum absolute atomic E-state index is 12.9. The largest absolute Gasteiger partial charge is 0.496 e. The number of aryl methyl sites for hydroxylation is 1. The first-order valence-corrected chi connectivity index (χ1v) is 9.83. The van der Waals surface area contributed by atoms with Crippen LogP contribution in [0.15, 0.2) is 30.5 Å². The van der Waals surface area contributed by atoms with Crippen LogP contribution in [0.25, 0.3) is 5.78 Å². The van der Waals surface area contributed by atoms with Crippen LogP contribution in [0.5, 0.6) is 5.75 Å². The molecule has 0 spiro atoms. The van der Waals surface area contributed by atoms with Gasteiger partial charge in [0.05, 0.1) is 12.7 Å². The second kappa shape index (κ2) is 9.86. The Morgan fingerprint density at radius 3 is 2.72 bits per heavy atom. The Balaban J connectivity index is 0.000000913. The van der Waals surface area contributed by atoms with Crippen molar-refractivity contribution in [3.63, 3.8) is 0 Å². The second-order valence-corrected chi connectivity index (χ2v) is 7.31. The highest BCUT2D eigenvalue weighted by atomic mass is 16.5. The average molecular weight is 441 g/mol. The molecule has 4 rings (SSSR count). The fourth-order valence-electron chi connectivity index (χ4n) is 3.73. The molecule has 11 heteroatoms. The van der Waals surface area contributed by atoms with Gasteiger partial charge < -0.3 is 19.8 Å². The van der Waals surface area contributed by atoms with E-state index in [1.54, 1.807) is 34.7 Å². The van der Waals surface area contributed by atoms with E-state index in [0.29, 0.717) is 31.0 Å². The lowest BCUT2D eigenvalue weighted by molar-refractivity contribution is -0.122. The number of carboxylic acids is 1. The van der Waals surface area contributed by atoms with Crippen LogP contribution in [0, 0.1) is 12.8 Å². The van der Waals surface area contributed by atoms with E-state index in [0.717, 1.165) is 17.7 Å². The van der Waals surface area contributed by atoms with Crippen molar-refractivity contribution in [3.05, 3.63) is 53.1 Å². The number of rotatable bonds is 5. The minimum Gasteiger partial charge on any atom is -0.496 e. The molecule has 1 saturated heterocycles. The van der Waals surface area contributed by atoms with Crippen LogP contribution in [-0.2, 0) is 11.2 Å². The molecule has 1 amide bonds. The summed E-state index contributed by atoms with van der Waals surface area (Å²) in [5.41, 5.74) is 1.87. The molecule has 11 nitrogen and oxygen atoms in total. The maximum Gasteiger partial charge on any atom is 0.335 e. The smallest absolute Gasteiger partial charge is 0.335 e. The molecule has 168 valence electrons. The third kappa shape index (κ3) is 4.82. The first-order valence-electron chi connectivity index (χ1n) is 9.83. The van der Waals surface area contributed by atoms with E-state index >= 15 is 0 Å². The van der Waals surface area contributed by atoms with Gasteiger partial charge in [0.15, 0.2) is 0 Å². The summed E-state index contributed by atoms with van der Waals surface area (Å²) >= 11 is 0. The van der Waals surface area contributed by atoms with Gasteiger partial charge in [0.25, 0.3) is 18.2 Å². The number of aromatic nitrogens is 4. The highest BCUT2D eigenvalue weighted by molar-refractivity contribution is 5.91. The molecule has 2 N–H and O–H groups in total. The number of fused-ring (bicyclic) bond motifs is 1. The molecule has 32 heavy (non-hydrogen) atoms. The van der Waals surface area contributed by atoms with Crippen LogP contribution in [0.2, 0.25) is 0 Å². The van der Waals surface area contributed by atoms with Crippen molar-refractivity contribution in [2.75, 3.05) is 20.2 Å². The summed E-state index contributed by atoms with van der Waals surface area (Å²) < 4.78 is 6.98. The van der Waals surface area contributed by atoms with Crippen LogP contribution in [0.3, 0.4) is 0 Å². The Morgan fingerprint density at radius 2 is 2.03 bits per heavy atom. The summed E-state index contributed by atoms with van der Waals surface area (Å²) in [6.45, 7) is 2.78. The molecule has 1 aliphatic heterocycles. The molecule has 0 aliphatic carbocycles. The average Bonchev–Trinajstić information content (AvgIpc) is 3.40. The summed E-state index contributed by atoms with van der Waals surface area (Å²) in [4.78, 5) is 38.6. The number of carboxylic acid groups (broad SMARTS) is 2. The number of carbonyl (C=O) groups is 3. The van der Waals surface area contributed by atoms with Gasteiger partial charge in [0.1, 0.15) is 5.75 Å². The molecule has 1 fully saturated rings. The van der Waals surface area contributed by atoms with Crippen molar-refractivity contribution in [3.8, 4) is 5.75 Å². The second-order valence-electron chi connectivity index (χ2n) is 7.31. The minimum atomic E-state index is -0.973. The summed E-state index contributed by atoms with van der Waals surface area (Å²) in [5, 5.41) is 24.1. The Morgan fingerprint density at radius 1 is 1.28 bits per heavy atom. The molecular weight excluding hydrogens is 418 g/mol. The Hall–Kier alpha value is -4.02. The molecular formula is C21H23N5O6. The summed E-state index contributed by atoms with van der Waals surface area (Å²) in [6, 6.07) is 6.66. The monoisotopic (exact) mass is 441 g/mol. The zero-order chi connectivity index (χ0) is 23.3. The number of nitrogens with zero attached hydrogens (tertiary/aromatic N) is 5. The lowest BCUT2D eigenvalue weighted by Crippen LogP contribution is -2.30. The van der Waals surface area contributed by atoms with Crippen molar-refractivity contribution >= 4 is 24.1 Å². The van der Waals surface area contributed by atoms with E-state index in [2.05, 4.69) is 15.2 Å². The Labute approximate surface area is 183 Å². The van der Waals surface area contributed by atoms with Gasteiger partial charge >= 0.3 is 5.97 Å². The normalized spacial score (nSPS) is 15.2. The first-order chi connectivity index (χ1) is 15.4. The van der Waals surface area contributed by atoms with Gasteiger partial charge in [-0.25, -0.2) is 9.78 Å². The van der Waals surface area contributed by atoms with Gasteiger partial charge in [-0.1, -0.05) is 0 Å². The van der Waals surface area contributed by atoms with E-state index in [4.69, 9.17) is 14.6 Å². The number of hydrogen-bond acceptors (Lipinski definition) is 7. The number of amides is 1. The highest BCUT2D eigenvalue weighted by Crippen LogP contribution is 2.28. The zero-order valence-corrected chi connectivity index (χ0v) is 17.6. The van der Waals surface area contributed by atoms with Crippen LogP contribution in [-0.4, -0.2) is 73.2 Å². The maximum atomic E-state index is 12.9. The van der Waals surface area contributed by atoms with E-state index < -0.39 is 5.97 Å². The number of likely N-dealkylation sites (tertiary alicyclic amines) is 1. The van der Waals surface area contributed by atoms with Crippen LogP contribution in [0.4, 0.5) is 0 Å². The van der Waals surface area contributed by atoms with Gasteiger partial charge in [-0.15, -0.1) is 10.2 Å². The molecule has 3 heterocycles. The quantitative estimate of drug-likeness (QED) is 0.563. The number of hydrogen-bond donors (Lipinski definition) is 2. The van der Waals surface area contributed by atoms with E-state index in [9.17, 15) is 14.7 Å². The molecule has 0 radical (unpaired) electrons. The van der Waals surface area contributed by atoms with Crippen molar-refractivity contribution in [2.45, 2.75) is 19.8 Å². The van der Waals surface area contributed by atoms with Crippen molar-refractivity contribution in [2.24, 2.45) is 5.92 Å². The van der Waals surface area contributed by atoms with Crippen molar-refractivity contribution in [1.29, 1.82) is 0 Å². The van der Waals surface area contributed by atoms with Gasteiger partial charge in [0.2, 0.25) is 5.82 Å². The van der Waals surface area contributed by atoms with Gasteiger partial charge in [-0.2, -0.15) is 0 Å². The molecule has 1 aliphatic rings. The summed E-state index contributed by atoms with van der Waals surface area (Å²) in [7, 11) is 1.57. The number of carbonyl (C=O) groups excluding carboxylic acids is 1. The fraction of sp³-hybridized carbons (Fsp3) is 0.333. The zero-order valence-electron chi connectivity index (χ0n) is 17.6. The molecule has 1 atom stereocenters. The SMILES string of the molecule is COc1ccc(C(=O)O)cc1CC1CCN(C(=O)c2nnc3nc(C)ccn23)C1.O=CO. The Kier molecular flexibility index (Phi) is 6.98. The summed E-state index contributed by atoms with van der Waals surface area (Å²) in [5.74, 6) is 0.357. The molecule has 3 aromatic rings. The lowest BCUT2D eigenvalue weighted by atomic mass is 9.96. The van der Waals surface area contributed by atoms with E-state index in [-0.39, 0.29) is 29.7 Å². The molecule has 0 bridgehead atoms. The summed E-state index contributed by atoms with van der Waals surface area (Å²) in [6.07, 6.45) is 3.20. The van der Waals surface area contributed by atoms with Crippen molar-refractivity contribution < 1.29 is 29.3 Å². The molecule has 1 aromatic carbocycles. The van der Waals surface area contributed by atoms with Gasteiger partial charge in [0, 0.05) is 25.0 Å². The third-order valence-corrected chi connectivity index (χ3v) is 5.22. The number of ether oxygens (including phenoxy) is 1. The lowest BCUT2D eigenvalue weighted by Gasteiger charge is -2.16. The van der Waals surface area contributed by atoms with Crippen LogP contribution >= 0.6 is 0 Å². The predicted octanol–water partition coefficient (Wildman–Crippen LogP) is 1.55. The molecule has 1 unspecified atom stereocenters. The standard InChI is InChI=1S/C20H21N5O4.CH2O2/c1-12-5-8-25-17(22-23-20(25)21-12)18(26)24-7-6-13(11-24)9-15-10-14(19(27)28)3-4-16(15)29-2;2-1-3/h3-5,8,10,13H,6-7,9,11H2,1-2H3,(H,27,28);1H,(H,2,3). The Bertz CT molecular complexity index is 1140. The van der Waals surface area contributed by atoms with E-state index in [1.165, 1.54) is 6.07 Å². The fourth-order valence-corrected chi connectivity index (χ4v) is 3.73. The van der Waals surface area contributed by atoms with Crippen LogP contribution < -0.4 is 4.74 Å². The molecule has 2 aromatic heterocycles. The highest BCUT2D eigenvalue weighted by Gasteiger charge is 2.30.